The van der Waals surface area contributed by atoms with Gasteiger partial charge in [-0.2, -0.15) is 0 Å². The average Bonchev–Trinajstić information content (AvgIpc) is 2.65. The van der Waals surface area contributed by atoms with E-state index in [1.54, 1.807) is 46.6 Å². The minimum absolute atomic E-state index is 0.139. The Bertz CT molecular complexity index is 707. The van der Waals surface area contributed by atoms with Gasteiger partial charge in [-0.05, 0) is 30.7 Å². The fourth-order valence-electron chi connectivity index (χ4n) is 2.54. The van der Waals surface area contributed by atoms with E-state index in [2.05, 4.69) is 5.32 Å². The third-order valence-corrected chi connectivity index (χ3v) is 3.81. The molecule has 0 spiro atoms. The van der Waals surface area contributed by atoms with Crippen LogP contribution in [0.5, 0.6) is 23.0 Å². The molecular formula is C19H23NO5. The number of carbonyl (C=O) groups is 1. The first-order valence-electron chi connectivity index (χ1n) is 7.84. The van der Waals surface area contributed by atoms with Gasteiger partial charge in [0.15, 0.2) is 0 Å². The molecule has 134 valence electrons. The minimum Gasteiger partial charge on any atom is -0.497 e. The SMILES string of the molecule is COc1ccc(OC)c(NC(=O)CCc2c(OC)cccc2OC)c1. The number of anilines is 1. The summed E-state index contributed by atoms with van der Waals surface area (Å²) in [7, 11) is 6.32. The molecule has 0 atom stereocenters. The van der Waals surface area contributed by atoms with Crippen LogP contribution in [0.15, 0.2) is 36.4 Å². The molecule has 0 radical (unpaired) electrons. The highest BCUT2D eigenvalue weighted by molar-refractivity contribution is 5.92. The summed E-state index contributed by atoms with van der Waals surface area (Å²) in [4.78, 5) is 12.4. The van der Waals surface area contributed by atoms with Crippen LogP contribution in [0.25, 0.3) is 0 Å². The second kappa shape index (κ2) is 8.82. The number of hydrogen-bond donors (Lipinski definition) is 1. The summed E-state index contributed by atoms with van der Waals surface area (Å²) < 4.78 is 21.2. The lowest BCUT2D eigenvalue weighted by atomic mass is 10.1. The number of benzene rings is 2. The standard InChI is InChI=1S/C19H23NO5/c1-22-13-8-10-18(25-4)15(12-13)20-19(21)11-9-14-16(23-2)6-5-7-17(14)24-3/h5-8,10,12H,9,11H2,1-4H3,(H,20,21). The fourth-order valence-corrected chi connectivity index (χ4v) is 2.54. The summed E-state index contributed by atoms with van der Waals surface area (Å²) >= 11 is 0. The lowest BCUT2D eigenvalue weighted by Gasteiger charge is -2.14. The summed E-state index contributed by atoms with van der Waals surface area (Å²) in [5, 5.41) is 2.86. The highest BCUT2D eigenvalue weighted by atomic mass is 16.5. The third-order valence-electron chi connectivity index (χ3n) is 3.81. The maximum Gasteiger partial charge on any atom is 0.224 e. The zero-order valence-electron chi connectivity index (χ0n) is 14.9. The molecule has 25 heavy (non-hydrogen) atoms. The van der Waals surface area contributed by atoms with Crippen LogP contribution >= 0.6 is 0 Å². The smallest absolute Gasteiger partial charge is 0.224 e. The molecule has 2 rings (SSSR count). The van der Waals surface area contributed by atoms with Crippen molar-refractivity contribution in [2.45, 2.75) is 12.8 Å². The van der Waals surface area contributed by atoms with E-state index in [1.165, 1.54) is 0 Å². The Kier molecular flexibility index (Phi) is 6.51. The van der Waals surface area contributed by atoms with E-state index in [0.717, 1.165) is 5.56 Å². The van der Waals surface area contributed by atoms with Gasteiger partial charge in [-0.3, -0.25) is 4.79 Å². The van der Waals surface area contributed by atoms with E-state index in [4.69, 9.17) is 18.9 Å². The van der Waals surface area contributed by atoms with E-state index < -0.39 is 0 Å². The van der Waals surface area contributed by atoms with Gasteiger partial charge in [0.2, 0.25) is 5.91 Å². The molecule has 0 saturated carbocycles. The number of ether oxygens (including phenoxy) is 4. The molecule has 0 heterocycles. The normalized spacial score (nSPS) is 10.1. The van der Waals surface area contributed by atoms with Gasteiger partial charge in [-0.1, -0.05) is 6.07 Å². The van der Waals surface area contributed by atoms with Crippen LogP contribution in [0.1, 0.15) is 12.0 Å². The largest absolute Gasteiger partial charge is 0.497 e. The third kappa shape index (κ3) is 4.56. The number of carbonyl (C=O) groups excluding carboxylic acids is 1. The van der Waals surface area contributed by atoms with Crippen molar-refractivity contribution in [3.63, 3.8) is 0 Å². The number of amides is 1. The van der Waals surface area contributed by atoms with Crippen molar-refractivity contribution >= 4 is 11.6 Å². The zero-order valence-corrected chi connectivity index (χ0v) is 14.9. The van der Waals surface area contributed by atoms with Crippen molar-refractivity contribution in [3.05, 3.63) is 42.0 Å². The molecule has 0 saturated heterocycles. The highest BCUT2D eigenvalue weighted by Gasteiger charge is 2.14. The molecule has 0 bridgehead atoms. The van der Waals surface area contributed by atoms with Gasteiger partial charge in [-0.25, -0.2) is 0 Å². The minimum atomic E-state index is -0.139. The first-order valence-corrected chi connectivity index (χ1v) is 7.84. The number of methoxy groups -OCH3 is 4. The summed E-state index contributed by atoms with van der Waals surface area (Å²) in [6.07, 6.45) is 0.766. The average molecular weight is 345 g/mol. The van der Waals surface area contributed by atoms with E-state index in [1.807, 2.05) is 18.2 Å². The Labute approximate surface area is 147 Å². The van der Waals surface area contributed by atoms with Gasteiger partial charge in [0, 0.05) is 18.1 Å². The molecule has 0 aliphatic rings. The van der Waals surface area contributed by atoms with Crippen LogP contribution < -0.4 is 24.3 Å². The molecule has 1 N–H and O–H groups in total. The topological polar surface area (TPSA) is 66.0 Å². The van der Waals surface area contributed by atoms with Crippen molar-refractivity contribution < 1.29 is 23.7 Å². The first kappa shape index (κ1) is 18.4. The molecule has 1 amide bonds. The van der Waals surface area contributed by atoms with Crippen molar-refractivity contribution in [2.24, 2.45) is 0 Å². The fraction of sp³-hybridized carbons (Fsp3) is 0.316. The molecule has 0 aliphatic carbocycles. The van der Waals surface area contributed by atoms with Gasteiger partial charge < -0.3 is 24.3 Å². The van der Waals surface area contributed by atoms with Crippen molar-refractivity contribution in [1.82, 2.24) is 0 Å². The lowest BCUT2D eigenvalue weighted by molar-refractivity contribution is -0.116. The van der Waals surface area contributed by atoms with Crippen LogP contribution in [0, 0.1) is 0 Å². The Hall–Kier alpha value is -2.89. The summed E-state index contributed by atoms with van der Waals surface area (Å²) in [5.41, 5.74) is 1.43. The number of rotatable bonds is 8. The van der Waals surface area contributed by atoms with Crippen molar-refractivity contribution in [1.29, 1.82) is 0 Å². The van der Waals surface area contributed by atoms with E-state index in [9.17, 15) is 4.79 Å². The molecule has 2 aromatic rings. The van der Waals surface area contributed by atoms with Gasteiger partial charge >= 0.3 is 0 Å². The van der Waals surface area contributed by atoms with Gasteiger partial charge in [0.1, 0.15) is 23.0 Å². The van der Waals surface area contributed by atoms with E-state index in [-0.39, 0.29) is 12.3 Å². The van der Waals surface area contributed by atoms with Crippen LogP contribution in [-0.2, 0) is 11.2 Å². The van der Waals surface area contributed by atoms with E-state index >= 15 is 0 Å². The van der Waals surface area contributed by atoms with Gasteiger partial charge in [0.25, 0.3) is 0 Å². The van der Waals surface area contributed by atoms with Crippen molar-refractivity contribution in [2.75, 3.05) is 33.8 Å². The Morgan fingerprint density at radius 1 is 0.880 bits per heavy atom. The summed E-state index contributed by atoms with van der Waals surface area (Å²) in [5.74, 6) is 2.48. The second-order valence-corrected chi connectivity index (χ2v) is 5.26. The quantitative estimate of drug-likeness (QED) is 0.795. The Morgan fingerprint density at radius 2 is 1.52 bits per heavy atom. The molecule has 0 aliphatic heterocycles. The molecular weight excluding hydrogens is 322 g/mol. The van der Waals surface area contributed by atoms with Gasteiger partial charge in [0.05, 0.1) is 34.1 Å². The zero-order chi connectivity index (χ0) is 18.2. The Morgan fingerprint density at radius 3 is 2.08 bits per heavy atom. The van der Waals surface area contributed by atoms with E-state index in [0.29, 0.717) is 35.1 Å². The Balaban J connectivity index is 2.09. The second-order valence-electron chi connectivity index (χ2n) is 5.26. The molecule has 6 heteroatoms. The molecule has 2 aromatic carbocycles. The van der Waals surface area contributed by atoms with Crippen LogP contribution in [0.3, 0.4) is 0 Å². The van der Waals surface area contributed by atoms with Crippen molar-refractivity contribution in [3.8, 4) is 23.0 Å². The summed E-state index contributed by atoms with van der Waals surface area (Å²) in [6, 6.07) is 10.8. The maximum absolute atomic E-state index is 12.4. The molecule has 0 fully saturated rings. The predicted octanol–water partition coefficient (Wildman–Crippen LogP) is 3.29. The monoisotopic (exact) mass is 345 g/mol. The summed E-state index contributed by atoms with van der Waals surface area (Å²) in [6.45, 7) is 0. The number of hydrogen-bond acceptors (Lipinski definition) is 5. The van der Waals surface area contributed by atoms with Crippen LogP contribution in [0.2, 0.25) is 0 Å². The van der Waals surface area contributed by atoms with Crippen LogP contribution in [-0.4, -0.2) is 34.3 Å². The molecule has 0 aromatic heterocycles. The maximum atomic E-state index is 12.4. The first-order chi connectivity index (χ1) is 12.1. The molecule has 6 nitrogen and oxygen atoms in total. The number of nitrogens with one attached hydrogen (secondary N) is 1. The highest BCUT2D eigenvalue weighted by Crippen LogP contribution is 2.31. The predicted molar refractivity (Wildman–Crippen MR) is 96.0 cm³/mol. The molecule has 0 unspecified atom stereocenters. The van der Waals surface area contributed by atoms with Crippen LogP contribution in [0.4, 0.5) is 5.69 Å². The van der Waals surface area contributed by atoms with Gasteiger partial charge in [-0.15, -0.1) is 0 Å². The lowest BCUT2D eigenvalue weighted by Crippen LogP contribution is -2.13.